The molecule has 0 aliphatic heterocycles. The molecular formula is C17H14FN5O2. The maximum atomic E-state index is 13.6. The topological polar surface area (TPSA) is 88.9 Å². The lowest BCUT2D eigenvalue weighted by Gasteiger charge is -2.09. The van der Waals surface area contributed by atoms with Crippen molar-refractivity contribution >= 4 is 23.2 Å². The second kappa shape index (κ2) is 6.91. The predicted molar refractivity (Wildman–Crippen MR) is 90.0 cm³/mol. The number of nitrogens with zero attached hydrogens (tertiary/aromatic N) is 3. The Hall–Kier alpha value is -3.55. The van der Waals surface area contributed by atoms with Gasteiger partial charge >= 0.3 is 0 Å². The molecule has 0 saturated heterocycles. The van der Waals surface area contributed by atoms with Crippen molar-refractivity contribution < 1.29 is 14.0 Å². The number of halogens is 1. The fourth-order valence-corrected chi connectivity index (χ4v) is 2.20. The van der Waals surface area contributed by atoms with E-state index < -0.39 is 11.7 Å². The monoisotopic (exact) mass is 339 g/mol. The lowest BCUT2D eigenvalue weighted by atomic mass is 10.2. The molecule has 1 aromatic heterocycles. The smallest absolute Gasteiger partial charge is 0.255 e. The van der Waals surface area contributed by atoms with Crippen molar-refractivity contribution in [3.8, 4) is 5.69 Å². The largest absolute Gasteiger partial charge is 0.324 e. The van der Waals surface area contributed by atoms with Gasteiger partial charge in [0.25, 0.3) is 5.91 Å². The molecule has 2 aromatic carbocycles. The Morgan fingerprint density at radius 1 is 1.08 bits per heavy atom. The standard InChI is InChI=1S/C17H14FN5O2/c1-11(24)21-16-8-13(4-7-15(16)18)22-17(25)12-2-5-14(6-3-12)23-10-19-9-20-23/h2-10H,1H3,(H,21,24)(H,22,25). The normalized spacial score (nSPS) is 10.3. The van der Waals surface area contributed by atoms with Gasteiger partial charge in [-0.25, -0.2) is 14.1 Å². The van der Waals surface area contributed by atoms with Crippen LogP contribution in [0.3, 0.4) is 0 Å². The molecule has 3 rings (SSSR count). The van der Waals surface area contributed by atoms with Crippen LogP contribution in [0.4, 0.5) is 15.8 Å². The molecule has 0 spiro atoms. The maximum absolute atomic E-state index is 13.6. The summed E-state index contributed by atoms with van der Waals surface area (Å²) < 4.78 is 15.2. The quantitative estimate of drug-likeness (QED) is 0.765. The molecular weight excluding hydrogens is 325 g/mol. The molecule has 8 heteroatoms. The van der Waals surface area contributed by atoms with E-state index in [-0.39, 0.29) is 11.6 Å². The van der Waals surface area contributed by atoms with E-state index in [1.807, 2.05) is 0 Å². The van der Waals surface area contributed by atoms with Gasteiger partial charge in [0.1, 0.15) is 18.5 Å². The van der Waals surface area contributed by atoms with Gasteiger partial charge in [-0.05, 0) is 42.5 Å². The zero-order chi connectivity index (χ0) is 17.8. The predicted octanol–water partition coefficient (Wildman–Crippen LogP) is 2.62. The summed E-state index contributed by atoms with van der Waals surface area (Å²) in [6, 6.07) is 10.7. The number of carbonyl (C=O) groups is 2. The third-order valence-electron chi connectivity index (χ3n) is 3.35. The van der Waals surface area contributed by atoms with Gasteiger partial charge in [-0.1, -0.05) is 0 Å². The summed E-state index contributed by atoms with van der Waals surface area (Å²) in [7, 11) is 0. The molecule has 126 valence electrons. The van der Waals surface area contributed by atoms with Crippen molar-refractivity contribution in [3.63, 3.8) is 0 Å². The summed E-state index contributed by atoms with van der Waals surface area (Å²) in [6.45, 7) is 1.28. The number of hydrogen-bond donors (Lipinski definition) is 2. The number of amides is 2. The Morgan fingerprint density at radius 3 is 2.48 bits per heavy atom. The molecule has 0 unspecified atom stereocenters. The zero-order valence-corrected chi connectivity index (χ0v) is 13.2. The SMILES string of the molecule is CC(=O)Nc1cc(NC(=O)c2ccc(-n3cncn3)cc2)ccc1F. The van der Waals surface area contributed by atoms with Crippen LogP contribution in [0.25, 0.3) is 5.69 Å². The van der Waals surface area contributed by atoms with Gasteiger partial charge in [0.15, 0.2) is 0 Å². The summed E-state index contributed by atoms with van der Waals surface area (Å²) in [4.78, 5) is 27.2. The van der Waals surface area contributed by atoms with E-state index in [0.717, 1.165) is 5.69 Å². The highest BCUT2D eigenvalue weighted by Gasteiger charge is 2.10. The van der Waals surface area contributed by atoms with Gasteiger partial charge < -0.3 is 10.6 Å². The fraction of sp³-hybridized carbons (Fsp3) is 0.0588. The summed E-state index contributed by atoms with van der Waals surface area (Å²) >= 11 is 0. The summed E-state index contributed by atoms with van der Waals surface area (Å²) in [5.41, 5.74) is 1.57. The molecule has 1 heterocycles. The third-order valence-corrected chi connectivity index (χ3v) is 3.35. The van der Waals surface area contributed by atoms with E-state index in [0.29, 0.717) is 11.3 Å². The van der Waals surface area contributed by atoms with Crippen LogP contribution >= 0.6 is 0 Å². The molecule has 0 atom stereocenters. The minimum absolute atomic E-state index is 0.00632. The first-order valence-electron chi connectivity index (χ1n) is 7.36. The molecule has 2 N–H and O–H groups in total. The van der Waals surface area contributed by atoms with Gasteiger partial charge in [-0.3, -0.25) is 9.59 Å². The van der Waals surface area contributed by atoms with Crippen LogP contribution in [0.5, 0.6) is 0 Å². The van der Waals surface area contributed by atoms with Crippen LogP contribution in [-0.2, 0) is 4.79 Å². The van der Waals surface area contributed by atoms with Gasteiger partial charge in [0.05, 0.1) is 11.4 Å². The van der Waals surface area contributed by atoms with E-state index in [1.54, 1.807) is 35.3 Å². The van der Waals surface area contributed by atoms with Gasteiger partial charge in [0, 0.05) is 18.2 Å². The molecule has 3 aromatic rings. The van der Waals surface area contributed by atoms with Crippen LogP contribution in [0.2, 0.25) is 0 Å². The molecule has 0 saturated carbocycles. The van der Waals surface area contributed by atoms with E-state index in [2.05, 4.69) is 20.7 Å². The summed E-state index contributed by atoms with van der Waals surface area (Å²) in [5, 5.41) is 9.04. The van der Waals surface area contributed by atoms with Crippen molar-refractivity contribution in [1.29, 1.82) is 0 Å². The number of hydrogen-bond acceptors (Lipinski definition) is 4. The van der Waals surface area contributed by atoms with Crippen LogP contribution in [0.1, 0.15) is 17.3 Å². The average Bonchev–Trinajstić information content (AvgIpc) is 3.12. The molecule has 25 heavy (non-hydrogen) atoms. The van der Waals surface area contributed by atoms with Gasteiger partial charge in [-0.15, -0.1) is 0 Å². The summed E-state index contributed by atoms with van der Waals surface area (Å²) in [5.74, 6) is -1.33. The third kappa shape index (κ3) is 3.86. The lowest BCUT2D eigenvalue weighted by Crippen LogP contribution is -2.13. The van der Waals surface area contributed by atoms with Gasteiger partial charge in [0.2, 0.25) is 5.91 Å². The van der Waals surface area contributed by atoms with Crippen molar-refractivity contribution in [3.05, 3.63) is 66.5 Å². The second-order valence-electron chi connectivity index (χ2n) is 5.22. The van der Waals surface area contributed by atoms with Crippen LogP contribution in [-0.4, -0.2) is 26.6 Å². The average molecular weight is 339 g/mol. The fourth-order valence-electron chi connectivity index (χ4n) is 2.20. The minimum atomic E-state index is -0.578. The number of aromatic nitrogens is 3. The highest BCUT2D eigenvalue weighted by molar-refractivity contribution is 6.04. The highest BCUT2D eigenvalue weighted by Crippen LogP contribution is 2.20. The summed E-state index contributed by atoms with van der Waals surface area (Å²) in [6.07, 6.45) is 2.97. The molecule has 7 nitrogen and oxygen atoms in total. The molecule has 0 aliphatic carbocycles. The Labute approximate surface area is 142 Å². The van der Waals surface area contributed by atoms with Crippen molar-refractivity contribution in [2.24, 2.45) is 0 Å². The van der Waals surface area contributed by atoms with Crippen LogP contribution in [0, 0.1) is 5.82 Å². The van der Waals surface area contributed by atoms with Crippen molar-refractivity contribution in [2.75, 3.05) is 10.6 Å². The molecule has 0 radical (unpaired) electrons. The Morgan fingerprint density at radius 2 is 1.84 bits per heavy atom. The molecule has 0 bridgehead atoms. The zero-order valence-electron chi connectivity index (χ0n) is 13.2. The number of carbonyl (C=O) groups excluding carboxylic acids is 2. The Kier molecular flexibility index (Phi) is 4.51. The van der Waals surface area contributed by atoms with E-state index in [9.17, 15) is 14.0 Å². The first-order chi connectivity index (χ1) is 12.0. The van der Waals surface area contributed by atoms with E-state index in [4.69, 9.17) is 0 Å². The Balaban J connectivity index is 1.75. The molecule has 2 amide bonds. The molecule has 0 aliphatic rings. The van der Waals surface area contributed by atoms with Crippen LogP contribution in [0.15, 0.2) is 55.1 Å². The number of rotatable bonds is 4. The Bertz CT molecular complexity index is 907. The van der Waals surface area contributed by atoms with Crippen molar-refractivity contribution in [2.45, 2.75) is 6.92 Å². The van der Waals surface area contributed by atoms with Crippen molar-refractivity contribution in [1.82, 2.24) is 14.8 Å². The number of anilines is 2. The van der Waals surface area contributed by atoms with Gasteiger partial charge in [-0.2, -0.15) is 5.10 Å². The first kappa shape index (κ1) is 16.3. The lowest BCUT2D eigenvalue weighted by molar-refractivity contribution is -0.114. The van der Waals surface area contributed by atoms with E-state index >= 15 is 0 Å². The molecule has 0 fully saturated rings. The van der Waals surface area contributed by atoms with Crippen LogP contribution < -0.4 is 10.6 Å². The second-order valence-corrected chi connectivity index (χ2v) is 5.22. The minimum Gasteiger partial charge on any atom is -0.324 e. The maximum Gasteiger partial charge on any atom is 0.255 e. The number of nitrogens with one attached hydrogen (secondary N) is 2. The number of benzene rings is 2. The highest BCUT2D eigenvalue weighted by atomic mass is 19.1. The first-order valence-corrected chi connectivity index (χ1v) is 7.36. The van der Waals surface area contributed by atoms with E-state index in [1.165, 1.54) is 31.5 Å².